The Kier molecular flexibility index (Phi) is 7.71. The molecule has 0 atom stereocenters. The quantitative estimate of drug-likeness (QED) is 0.252. The summed E-state index contributed by atoms with van der Waals surface area (Å²) in [5, 5.41) is 9.56. The van der Waals surface area contributed by atoms with E-state index in [1.807, 2.05) is 72.4 Å². The van der Waals surface area contributed by atoms with E-state index in [2.05, 4.69) is 24.3 Å². The van der Waals surface area contributed by atoms with Crippen molar-refractivity contribution in [1.82, 2.24) is 0 Å². The molecule has 0 bridgehead atoms. The van der Waals surface area contributed by atoms with Crippen molar-refractivity contribution < 1.29 is 14.3 Å². The van der Waals surface area contributed by atoms with Gasteiger partial charge in [-0.15, -0.1) is 0 Å². The summed E-state index contributed by atoms with van der Waals surface area (Å²) >= 11 is 6.74. The average Bonchev–Trinajstić information content (AvgIpc) is 2.87. The number of hydrogen-bond acceptors (Lipinski definition) is 3. The maximum atomic E-state index is 14.5. The minimum Gasteiger partial charge on any atom is -0.478 e. The molecule has 0 fully saturated rings. The van der Waals surface area contributed by atoms with E-state index >= 15 is 0 Å². The van der Waals surface area contributed by atoms with Gasteiger partial charge in [0.2, 0.25) is 0 Å². The summed E-state index contributed by atoms with van der Waals surface area (Å²) in [7, 11) is 4.01. The van der Waals surface area contributed by atoms with E-state index in [4.69, 9.17) is 16.7 Å². The van der Waals surface area contributed by atoms with Gasteiger partial charge in [0.05, 0.1) is 0 Å². The zero-order chi connectivity index (χ0) is 25.7. The molecular weight excluding hydrogens is 475 g/mol. The van der Waals surface area contributed by atoms with Gasteiger partial charge in [-0.25, -0.2) is 9.18 Å². The van der Waals surface area contributed by atoms with Crippen LogP contribution in [0.1, 0.15) is 11.1 Å². The van der Waals surface area contributed by atoms with Crippen LogP contribution in [0, 0.1) is 5.82 Å². The van der Waals surface area contributed by atoms with Gasteiger partial charge in [0.15, 0.2) is 0 Å². The molecule has 36 heavy (non-hydrogen) atoms. The number of halogens is 2. The second-order valence-corrected chi connectivity index (χ2v) is 8.99. The number of rotatable bonds is 8. The SMILES string of the molecule is CN(C)c1ccc(-c2ccc(CN(c3ccccc3)c3cc(F)cc(/C=C/C(=O)O)c3)c(Cl)c2)cc1. The number of nitrogens with zero attached hydrogens (tertiary/aromatic N) is 2. The van der Waals surface area contributed by atoms with Crippen LogP contribution < -0.4 is 9.80 Å². The molecule has 0 saturated heterocycles. The Hall–Kier alpha value is -4.09. The van der Waals surface area contributed by atoms with Crippen LogP contribution in [0.3, 0.4) is 0 Å². The fraction of sp³-hybridized carbons (Fsp3) is 0.100. The zero-order valence-electron chi connectivity index (χ0n) is 20.0. The summed E-state index contributed by atoms with van der Waals surface area (Å²) in [5.41, 5.74) is 5.96. The lowest BCUT2D eigenvalue weighted by Crippen LogP contribution is -2.17. The number of anilines is 3. The van der Waals surface area contributed by atoms with Crippen LogP contribution in [0.4, 0.5) is 21.5 Å². The van der Waals surface area contributed by atoms with E-state index in [0.29, 0.717) is 22.8 Å². The van der Waals surface area contributed by atoms with E-state index in [9.17, 15) is 9.18 Å². The molecule has 0 heterocycles. The Morgan fingerprint density at radius 3 is 2.19 bits per heavy atom. The average molecular weight is 501 g/mol. The predicted molar refractivity (Wildman–Crippen MR) is 147 cm³/mol. The van der Waals surface area contributed by atoms with Crippen LogP contribution in [-0.4, -0.2) is 25.2 Å². The van der Waals surface area contributed by atoms with Crippen molar-refractivity contribution in [3.63, 3.8) is 0 Å². The second-order valence-electron chi connectivity index (χ2n) is 8.58. The van der Waals surface area contributed by atoms with E-state index in [0.717, 1.165) is 34.1 Å². The predicted octanol–water partition coefficient (Wildman–Crippen LogP) is 7.65. The second kappa shape index (κ2) is 11.1. The van der Waals surface area contributed by atoms with Crippen molar-refractivity contribution in [1.29, 1.82) is 0 Å². The minimum atomic E-state index is -1.09. The number of para-hydroxylation sites is 1. The Labute approximate surface area is 215 Å². The molecule has 0 unspecified atom stereocenters. The molecule has 0 saturated carbocycles. The highest BCUT2D eigenvalue weighted by molar-refractivity contribution is 6.31. The number of aliphatic carboxylic acids is 1. The van der Waals surface area contributed by atoms with Crippen LogP contribution in [0.5, 0.6) is 0 Å². The van der Waals surface area contributed by atoms with Gasteiger partial charge < -0.3 is 14.9 Å². The van der Waals surface area contributed by atoms with Crippen molar-refractivity contribution in [2.75, 3.05) is 23.9 Å². The van der Waals surface area contributed by atoms with Crippen LogP contribution in [0.2, 0.25) is 5.02 Å². The van der Waals surface area contributed by atoms with Gasteiger partial charge in [0, 0.05) is 48.8 Å². The largest absolute Gasteiger partial charge is 0.478 e. The first kappa shape index (κ1) is 25.0. The summed E-state index contributed by atoms with van der Waals surface area (Å²) in [6.07, 6.45) is 2.37. The van der Waals surface area contributed by atoms with Crippen molar-refractivity contribution in [2.45, 2.75) is 6.54 Å². The van der Waals surface area contributed by atoms with E-state index in [-0.39, 0.29) is 0 Å². The first-order chi connectivity index (χ1) is 17.3. The number of hydrogen-bond donors (Lipinski definition) is 1. The highest BCUT2D eigenvalue weighted by Crippen LogP contribution is 2.33. The van der Waals surface area contributed by atoms with Gasteiger partial charge in [0.25, 0.3) is 0 Å². The highest BCUT2D eigenvalue weighted by atomic mass is 35.5. The fourth-order valence-corrected chi connectivity index (χ4v) is 4.17. The number of carboxylic acid groups (broad SMARTS) is 1. The summed E-state index contributed by atoms with van der Waals surface area (Å²) in [6.45, 7) is 0.397. The van der Waals surface area contributed by atoms with E-state index in [1.165, 1.54) is 18.2 Å². The molecule has 4 aromatic rings. The third-order valence-corrected chi connectivity index (χ3v) is 6.15. The van der Waals surface area contributed by atoms with Crippen LogP contribution in [0.25, 0.3) is 17.2 Å². The number of carbonyl (C=O) groups is 1. The highest BCUT2D eigenvalue weighted by Gasteiger charge is 2.15. The lowest BCUT2D eigenvalue weighted by atomic mass is 10.0. The van der Waals surface area contributed by atoms with Gasteiger partial charge in [-0.2, -0.15) is 0 Å². The lowest BCUT2D eigenvalue weighted by Gasteiger charge is -2.26. The molecule has 0 radical (unpaired) electrons. The third-order valence-electron chi connectivity index (χ3n) is 5.80. The van der Waals surface area contributed by atoms with Gasteiger partial charge in [0.1, 0.15) is 5.82 Å². The molecule has 0 amide bonds. The maximum absolute atomic E-state index is 14.5. The van der Waals surface area contributed by atoms with Crippen molar-refractivity contribution in [2.24, 2.45) is 0 Å². The van der Waals surface area contributed by atoms with Crippen molar-refractivity contribution >= 4 is 40.7 Å². The maximum Gasteiger partial charge on any atom is 0.328 e. The molecule has 0 aliphatic heterocycles. The van der Waals surface area contributed by atoms with Crippen molar-refractivity contribution in [3.05, 3.63) is 119 Å². The fourth-order valence-electron chi connectivity index (χ4n) is 3.93. The number of carboxylic acids is 1. The smallest absolute Gasteiger partial charge is 0.328 e. The van der Waals surface area contributed by atoms with Gasteiger partial charge in [-0.05, 0) is 76.9 Å². The molecule has 4 aromatic carbocycles. The first-order valence-electron chi connectivity index (χ1n) is 11.4. The molecule has 6 heteroatoms. The normalized spacial score (nSPS) is 11.0. The summed E-state index contributed by atoms with van der Waals surface area (Å²) in [6, 6.07) is 28.3. The molecule has 0 aliphatic carbocycles. The molecule has 0 aliphatic rings. The van der Waals surface area contributed by atoms with Gasteiger partial charge >= 0.3 is 5.97 Å². The van der Waals surface area contributed by atoms with Crippen molar-refractivity contribution in [3.8, 4) is 11.1 Å². The molecule has 0 spiro atoms. The minimum absolute atomic E-state index is 0.397. The lowest BCUT2D eigenvalue weighted by molar-refractivity contribution is -0.131. The molecular formula is C30H26ClFN2O2. The van der Waals surface area contributed by atoms with Crippen LogP contribution in [-0.2, 0) is 11.3 Å². The molecule has 0 aromatic heterocycles. The van der Waals surface area contributed by atoms with Crippen LogP contribution in [0.15, 0.2) is 97.1 Å². The Morgan fingerprint density at radius 1 is 0.861 bits per heavy atom. The Balaban J connectivity index is 1.68. The van der Waals surface area contributed by atoms with Gasteiger partial charge in [-0.1, -0.05) is 54.1 Å². The zero-order valence-corrected chi connectivity index (χ0v) is 20.8. The van der Waals surface area contributed by atoms with Crippen LogP contribution >= 0.6 is 11.6 Å². The standard InChI is InChI=1S/C30H26ClFN2O2/c1-33(2)26-13-11-22(12-14-26)23-9-10-24(29(31)18-23)20-34(27-6-4-3-5-7-27)28-17-21(8-15-30(35)36)16-25(32)19-28/h3-19H,20H2,1-2H3,(H,35,36)/b15-8+. The number of benzene rings is 4. The first-order valence-corrected chi connectivity index (χ1v) is 11.8. The third kappa shape index (κ3) is 6.12. The summed E-state index contributed by atoms with van der Waals surface area (Å²) in [4.78, 5) is 14.9. The molecule has 4 nitrogen and oxygen atoms in total. The Bertz CT molecular complexity index is 1390. The monoisotopic (exact) mass is 500 g/mol. The molecule has 4 rings (SSSR count). The van der Waals surface area contributed by atoms with E-state index in [1.54, 1.807) is 6.07 Å². The molecule has 1 N–H and O–H groups in total. The van der Waals surface area contributed by atoms with Gasteiger partial charge in [-0.3, -0.25) is 0 Å². The van der Waals surface area contributed by atoms with E-state index < -0.39 is 11.8 Å². The summed E-state index contributed by atoms with van der Waals surface area (Å²) < 4.78 is 14.5. The topological polar surface area (TPSA) is 43.8 Å². The summed E-state index contributed by atoms with van der Waals surface area (Å²) in [5.74, 6) is -1.55. The molecule has 182 valence electrons. The Morgan fingerprint density at radius 2 is 1.56 bits per heavy atom.